The van der Waals surface area contributed by atoms with Gasteiger partial charge in [0.1, 0.15) is 5.82 Å². The fraction of sp³-hybridized carbons (Fsp3) is 0.333. The van der Waals surface area contributed by atoms with Crippen molar-refractivity contribution in [2.24, 2.45) is 0 Å². The molecule has 0 saturated heterocycles. The van der Waals surface area contributed by atoms with Gasteiger partial charge in [0.05, 0.1) is 0 Å². The molecule has 0 spiro atoms. The summed E-state index contributed by atoms with van der Waals surface area (Å²) >= 11 is 0. The number of rotatable bonds is 4. The highest BCUT2D eigenvalue weighted by molar-refractivity contribution is 5.19. The van der Waals surface area contributed by atoms with Crippen LogP contribution in [0.3, 0.4) is 0 Å². The van der Waals surface area contributed by atoms with Crippen molar-refractivity contribution < 1.29 is 4.39 Å². The van der Waals surface area contributed by atoms with Gasteiger partial charge in [-0.2, -0.15) is 0 Å². The molecule has 2 unspecified atom stereocenters. The second-order valence-corrected chi connectivity index (χ2v) is 3.47. The van der Waals surface area contributed by atoms with E-state index in [1.807, 2.05) is 26.0 Å². The van der Waals surface area contributed by atoms with Crippen LogP contribution in [0.5, 0.6) is 0 Å². The summed E-state index contributed by atoms with van der Waals surface area (Å²) < 4.78 is 12.9. The standard InChI is InChI=1S/C12H16FN/c1-4-9(2)14-10(3)11-6-5-7-12(13)8-11/h4-10,14H,1H2,2-3H3. The molecule has 2 atom stereocenters. The van der Waals surface area contributed by atoms with Crippen molar-refractivity contribution in [2.45, 2.75) is 25.9 Å². The van der Waals surface area contributed by atoms with Crippen LogP contribution in [0.2, 0.25) is 0 Å². The van der Waals surface area contributed by atoms with E-state index in [-0.39, 0.29) is 17.9 Å². The number of hydrogen-bond acceptors (Lipinski definition) is 1. The van der Waals surface area contributed by atoms with Gasteiger partial charge in [0.25, 0.3) is 0 Å². The zero-order valence-electron chi connectivity index (χ0n) is 8.63. The Bertz CT molecular complexity index is 309. The largest absolute Gasteiger partial charge is 0.304 e. The van der Waals surface area contributed by atoms with Crippen molar-refractivity contribution in [3.05, 3.63) is 48.3 Å². The van der Waals surface area contributed by atoms with Gasteiger partial charge in [0, 0.05) is 12.1 Å². The van der Waals surface area contributed by atoms with Crippen molar-refractivity contribution in [1.82, 2.24) is 5.32 Å². The second kappa shape index (κ2) is 4.91. The minimum absolute atomic E-state index is 0.138. The van der Waals surface area contributed by atoms with Gasteiger partial charge in [-0.1, -0.05) is 18.2 Å². The molecule has 0 radical (unpaired) electrons. The first-order valence-corrected chi connectivity index (χ1v) is 4.77. The van der Waals surface area contributed by atoms with Gasteiger partial charge >= 0.3 is 0 Å². The first-order chi connectivity index (χ1) is 6.63. The molecule has 76 valence electrons. The lowest BCUT2D eigenvalue weighted by Gasteiger charge is -2.17. The summed E-state index contributed by atoms with van der Waals surface area (Å²) in [6, 6.07) is 7.01. The van der Waals surface area contributed by atoms with Crippen LogP contribution in [0.1, 0.15) is 25.5 Å². The summed E-state index contributed by atoms with van der Waals surface area (Å²) in [5.41, 5.74) is 0.957. The Hall–Kier alpha value is -1.15. The third-order valence-electron chi connectivity index (χ3n) is 2.22. The molecular weight excluding hydrogens is 177 g/mol. The molecule has 0 aliphatic heterocycles. The van der Waals surface area contributed by atoms with E-state index in [2.05, 4.69) is 11.9 Å². The van der Waals surface area contributed by atoms with Gasteiger partial charge < -0.3 is 5.32 Å². The first kappa shape index (κ1) is 10.9. The lowest BCUT2D eigenvalue weighted by atomic mass is 10.1. The number of halogens is 1. The number of nitrogens with one attached hydrogen (secondary N) is 1. The molecule has 0 aliphatic rings. The molecule has 0 aromatic heterocycles. The lowest BCUT2D eigenvalue weighted by Crippen LogP contribution is -2.26. The van der Waals surface area contributed by atoms with Crippen molar-refractivity contribution in [3.8, 4) is 0 Å². The molecule has 1 nitrogen and oxygen atoms in total. The Morgan fingerprint density at radius 1 is 1.43 bits per heavy atom. The third kappa shape index (κ3) is 2.96. The fourth-order valence-electron chi connectivity index (χ4n) is 1.33. The van der Waals surface area contributed by atoms with E-state index >= 15 is 0 Å². The normalized spacial score (nSPS) is 14.8. The molecule has 1 N–H and O–H groups in total. The van der Waals surface area contributed by atoms with Crippen LogP contribution >= 0.6 is 0 Å². The zero-order chi connectivity index (χ0) is 10.6. The molecular formula is C12H16FN. The average Bonchev–Trinajstić information content (AvgIpc) is 2.17. The van der Waals surface area contributed by atoms with Crippen molar-refractivity contribution in [3.63, 3.8) is 0 Å². The molecule has 0 fully saturated rings. The second-order valence-electron chi connectivity index (χ2n) is 3.47. The molecule has 1 aromatic carbocycles. The van der Waals surface area contributed by atoms with Gasteiger partial charge in [-0.3, -0.25) is 0 Å². The third-order valence-corrected chi connectivity index (χ3v) is 2.22. The van der Waals surface area contributed by atoms with E-state index in [0.29, 0.717) is 0 Å². The topological polar surface area (TPSA) is 12.0 Å². The van der Waals surface area contributed by atoms with E-state index < -0.39 is 0 Å². The van der Waals surface area contributed by atoms with Crippen molar-refractivity contribution in [1.29, 1.82) is 0 Å². The van der Waals surface area contributed by atoms with Crippen LogP contribution < -0.4 is 5.32 Å². The van der Waals surface area contributed by atoms with E-state index in [1.54, 1.807) is 12.1 Å². The highest BCUT2D eigenvalue weighted by atomic mass is 19.1. The van der Waals surface area contributed by atoms with Crippen LogP contribution in [-0.4, -0.2) is 6.04 Å². The predicted octanol–water partition coefficient (Wildman–Crippen LogP) is 3.05. The van der Waals surface area contributed by atoms with Crippen LogP contribution in [-0.2, 0) is 0 Å². The van der Waals surface area contributed by atoms with Gasteiger partial charge in [0.15, 0.2) is 0 Å². The Labute approximate surface area is 84.6 Å². The zero-order valence-corrected chi connectivity index (χ0v) is 8.63. The van der Waals surface area contributed by atoms with Crippen LogP contribution in [0.25, 0.3) is 0 Å². The Morgan fingerprint density at radius 3 is 2.71 bits per heavy atom. The molecule has 0 saturated carbocycles. The van der Waals surface area contributed by atoms with Gasteiger partial charge in [0.2, 0.25) is 0 Å². The molecule has 0 amide bonds. The van der Waals surface area contributed by atoms with Gasteiger partial charge in [-0.15, -0.1) is 6.58 Å². The maximum atomic E-state index is 12.9. The Kier molecular flexibility index (Phi) is 3.84. The van der Waals surface area contributed by atoms with Crippen LogP contribution in [0, 0.1) is 5.82 Å². The molecule has 2 heteroatoms. The fourth-order valence-corrected chi connectivity index (χ4v) is 1.33. The highest BCUT2D eigenvalue weighted by Gasteiger charge is 2.07. The Morgan fingerprint density at radius 2 is 2.14 bits per heavy atom. The highest BCUT2D eigenvalue weighted by Crippen LogP contribution is 2.13. The maximum Gasteiger partial charge on any atom is 0.123 e. The van der Waals surface area contributed by atoms with Crippen molar-refractivity contribution >= 4 is 0 Å². The Balaban J connectivity index is 2.69. The monoisotopic (exact) mass is 193 g/mol. The van der Waals surface area contributed by atoms with Crippen LogP contribution in [0.4, 0.5) is 4.39 Å². The molecule has 1 aromatic rings. The number of hydrogen-bond donors (Lipinski definition) is 1. The van der Waals surface area contributed by atoms with Gasteiger partial charge in [-0.05, 0) is 31.5 Å². The van der Waals surface area contributed by atoms with Crippen molar-refractivity contribution in [2.75, 3.05) is 0 Å². The molecule has 0 bridgehead atoms. The van der Waals surface area contributed by atoms with E-state index in [0.717, 1.165) is 5.56 Å². The molecule has 1 rings (SSSR count). The molecule has 14 heavy (non-hydrogen) atoms. The molecule has 0 heterocycles. The summed E-state index contributed by atoms with van der Waals surface area (Å²) in [5, 5.41) is 3.29. The smallest absolute Gasteiger partial charge is 0.123 e. The number of benzene rings is 1. The first-order valence-electron chi connectivity index (χ1n) is 4.77. The lowest BCUT2D eigenvalue weighted by molar-refractivity contribution is 0.532. The predicted molar refractivity (Wildman–Crippen MR) is 57.6 cm³/mol. The average molecular weight is 193 g/mol. The van der Waals surface area contributed by atoms with E-state index in [1.165, 1.54) is 6.07 Å². The van der Waals surface area contributed by atoms with Gasteiger partial charge in [-0.25, -0.2) is 4.39 Å². The minimum Gasteiger partial charge on any atom is -0.304 e. The summed E-state index contributed by atoms with van der Waals surface area (Å²) in [5.74, 6) is -0.192. The summed E-state index contributed by atoms with van der Waals surface area (Å²) in [6.45, 7) is 7.71. The molecule has 0 aliphatic carbocycles. The SMILES string of the molecule is C=CC(C)NC(C)c1cccc(F)c1. The summed E-state index contributed by atoms with van der Waals surface area (Å²) in [4.78, 5) is 0. The van der Waals surface area contributed by atoms with Crippen LogP contribution in [0.15, 0.2) is 36.9 Å². The quantitative estimate of drug-likeness (QED) is 0.725. The maximum absolute atomic E-state index is 12.9. The van der Waals surface area contributed by atoms with E-state index in [9.17, 15) is 4.39 Å². The summed E-state index contributed by atoms with van der Waals surface area (Å²) in [7, 11) is 0. The minimum atomic E-state index is -0.192. The van der Waals surface area contributed by atoms with E-state index in [4.69, 9.17) is 0 Å². The summed E-state index contributed by atoms with van der Waals surface area (Å²) in [6.07, 6.45) is 1.83.